The Morgan fingerprint density at radius 2 is 1.69 bits per heavy atom. The van der Waals surface area contributed by atoms with E-state index in [-0.39, 0.29) is 36.9 Å². The van der Waals surface area contributed by atoms with Crippen molar-refractivity contribution in [3.63, 3.8) is 0 Å². The van der Waals surface area contributed by atoms with Crippen molar-refractivity contribution < 1.29 is 26.8 Å². The molecule has 7 nitrogen and oxygen atoms in total. The summed E-state index contributed by atoms with van der Waals surface area (Å²) in [5.41, 5.74) is 1.01. The van der Waals surface area contributed by atoms with Crippen molar-refractivity contribution in [2.24, 2.45) is 0 Å². The molecule has 1 atom stereocenters. The normalized spacial score (nSPS) is 12.1. The van der Waals surface area contributed by atoms with Gasteiger partial charge in [-0.3, -0.25) is 13.9 Å². The molecule has 192 valence electrons. The van der Waals surface area contributed by atoms with Crippen LogP contribution in [0.5, 0.6) is 0 Å². The maximum atomic E-state index is 13.7. The Bertz CT molecular complexity index is 1100. The van der Waals surface area contributed by atoms with Gasteiger partial charge in [-0.2, -0.15) is 0 Å². The van der Waals surface area contributed by atoms with Gasteiger partial charge in [0, 0.05) is 32.1 Å². The molecule has 2 aromatic rings. The number of carbonyl (C=O) groups is 2. The van der Waals surface area contributed by atoms with Crippen LogP contribution in [0, 0.1) is 11.6 Å². The maximum Gasteiger partial charge on any atom is 0.242 e. The third-order valence-corrected chi connectivity index (χ3v) is 6.76. The van der Waals surface area contributed by atoms with Crippen LogP contribution in [0.3, 0.4) is 0 Å². The molecule has 0 heterocycles. The quantitative estimate of drug-likeness (QED) is 0.448. The van der Waals surface area contributed by atoms with E-state index in [9.17, 15) is 26.8 Å². The second-order valence-corrected chi connectivity index (χ2v) is 10.1. The molecule has 2 aromatic carbocycles. The number of anilines is 1. The van der Waals surface area contributed by atoms with Gasteiger partial charge in [0.1, 0.15) is 6.04 Å². The van der Waals surface area contributed by atoms with Crippen LogP contribution in [0.1, 0.15) is 38.7 Å². The van der Waals surface area contributed by atoms with Crippen LogP contribution in [0.4, 0.5) is 14.5 Å². The number of hydrogen-bond donors (Lipinski definition) is 1. The van der Waals surface area contributed by atoms with E-state index in [0.717, 1.165) is 28.3 Å². The highest BCUT2D eigenvalue weighted by molar-refractivity contribution is 7.92. The van der Waals surface area contributed by atoms with E-state index in [4.69, 9.17) is 0 Å². The lowest BCUT2D eigenvalue weighted by Gasteiger charge is -2.31. The fourth-order valence-electron chi connectivity index (χ4n) is 3.83. The second-order valence-electron chi connectivity index (χ2n) is 8.18. The van der Waals surface area contributed by atoms with Gasteiger partial charge in [0.25, 0.3) is 0 Å². The standard InChI is InChI=1S/C25H33F2N3O4S/c1-4-23(25(32)28-5-2)29(17-15-19-10-7-6-8-11-19)24(31)12-9-16-30(35(3,33)34)20-13-14-21(26)22(27)18-20/h6-8,10-11,13-14,18,23H,4-5,9,12,15-17H2,1-3H3,(H,28,32)/t23-/m1/s1. The Hall–Kier alpha value is -3.01. The molecule has 0 aliphatic rings. The third-order valence-electron chi connectivity index (χ3n) is 5.56. The van der Waals surface area contributed by atoms with Crippen LogP contribution >= 0.6 is 0 Å². The van der Waals surface area contributed by atoms with Crippen molar-refractivity contribution >= 4 is 27.5 Å². The van der Waals surface area contributed by atoms with Crippen LogP contribution < -0.4 is 9.62 Å². The zero-order valence-corrected chi connectivity index (χ0v) is 21.2. The number of nitrogens with zero attached hydrogens (tertiary/aromatic N) is 2. The minimum atomic E-state index is -3.80. The molecule has 2 amide bonds. The van der Waals surface area contributed by atoms with Crippen molar-refractivity contribution in [2.75, 3.05) is 30.2 Å². The summed E-state index contributed by atoms with van der Waals surface area (Å²) < 4.78 is 52.5. The Morgan fingerprint density at radius 1 is 1.00 bits per heavy atom. The smallest absolute Gasteiger partial charge is 0.242 e. The highest BCUT2D eigenvalue weighted by Crippen LogP contribution is 2.21. The number of sulfonamides is 1. The van der Waals surface area contributed by atoms with Gasteiger partial charge in [-0.1, -0.05) is 37.3 Å². The highest BCUT2D eigenvalue weighted by Gasteiger charge is 2.28. The lowest BCUT2D eigenvalue weighted by atomic mass is 10.1. The number of rotatable bonds is 13. The summed E-state index contributed by atoms with van der Waals surface area (Å²) in [6.07, 6.45) is 2.08. The van der Waals surface area contributed by atoms with Gasteiger partial charge in [-0.25, -0.2) is 17.2 Å². The first-order chi connectivity index (χ1) is 16.6. The Labute approximate surface area is 206 Å². The molecular weight excluding hydrogens is 476 g/mol. The number of carbonyl (C=O) groups excluding carboxylic acids is 2. The van der Waals surface area contributed by atoms with Crippen LogP contribution in [-0.2, 0) is 26.0 Å². The topological polar surface area (TPSA) is 86.8 Å². The average Bonchev–Trinajstić information content (AvgIpc) is 2.81. The van der Waals surface area contributed by atoms with Gasteiger partial charge in [-0.05, 0) is 43.9 Å². The predicted molar refractivity (Wildman–Crippen MR) is 132 cm³/mol. The van der Waals surface area contributed by atoms with Crippen molar-refractivity contribution in [3.8, 4) is 0 Å². The molecule has 0 bridgehead atoms. The van der Waals surface area contributed by atoms with Crippen LogP contribution in [0.25, 0.3) is 0 Å². The van der Waals surface area contributed by atoms with Crippen molar-refractivity contribution in [1.82, 2.24) is 10.2 Å². The van der Waals surface area contributed by atoms with Crippen molar-refractivity contribution in [3.05, 3.63) is 65.7 Å². The first-order valence-corrected chi connectivity index (χ1v) is 13.5. The van der Waals surface area contributed by atoms with Crippen LogP contribution in [0.15, 0.2) is 48.5 Å². The Morgan fingerprint density at radius 3 is 2.26 bits per heavy atom. The number of halogens is 2. The lowest BCUT2D eigenvalue weighted by Crippen LogP contribution is -2.50. The summed E-state index contributed by atoms with van der Waals surface area (Å²) in [5, 5.41) is 2.77. The highest BCUT2D eigenvalue weighted by atomic mass is 32.2. The van der Waals surface area contributed by atoms with Crippen molar-refractivity contribution in [2.45, 2.75) is 45.6 Å². The molecule has 0 radical (unpaired) electrons. The van der Waals surface area contributed by atoms with Gasteiger partial charge in [0.15, 0.2) is 11.6 Å². The zero-order chi connectivity index (χ0) is 26.0. The molecule has 2 rings (SSSR count). The average molecular weight is 510 g/mol. The summed E-state index contributed by atoms with van der Waals surface area (Å²) in [7, 11) is -3.80. The molecule has 0 saturated heterocycles. The minimum absolute atomic E-state index is 0.0135. The SMILES string of the molecule is CCNC(=O)[C@@H](CC)N(CCc1ccccc1)C(=O)CCCN(c1ccc(F)c(F)c1)S(C)(=O)=O. The van der Waals surface area contributed by atoms with Crippen LogP contribution in [0.2, 0.25) is 0 Å². The number of likely N-dealkylation sites (N-methyl/N-ethyl adjacent to an activating group) is 1. The van der Waals surface area contributed by atoms with Crippen LogP contribution in [-0.4, -0.2) is 57.1 Å². The maximum absolute atomic E-state index is 13.7. The predicted octanol–water partition coefficient (Wildman–Crippen LogP) is 3.50. The fraction of sp³-hybridized carbons (Fsp3) is 0.440. The van der Waals surface area contributed by atoms with E-state index in [0.29, 0.717) is 25.9 Å². The van der Waals surface area contributed by atoms with E-state index < -0.39 is 27.7 Å². The Balaban J connectivity index is 2.15. The third kappa shape index (κ3) is 8.31. The zero-order valence-electron chi connectivity index (χ0n) is 20.3. The van der Waals surface area contributed by atoms with Gasteiger partial charge in [-0.15, -0.1) is 0 Å². The fourth-order valence-corrected chi connectivity index (χ4v) is 4.79. The summed E-state index contributed by atoms with van der Waals surface area (Å²) in [6.45, 7) is 4.31. The summed E-state index contributed by atoms with van der Waals surface area (Å²) in [4.78, 5) is 27.4. The van der Waals surface area contributed by atoms with Gasteiger partial charge in [0.2, 0.25) is 21.8 Å². The molecule has 0 saturated carbocycles. The molecule has 35 heavy (non-hydrogen) atoms. The summed E-state index contributed by atoms with van der Waals surface area (Å²) in [6, 6.07) is 11.8. The molecule has 1 N–H and O–H groups in total. The van der Waals surface area contributed by atoms with Crippen molar-refractivity contribution in [1.29, 1.82) is 0 Å². The number of hydrogen-bond acceptors (Lipinski definition) is 4. The van der Waals surface area contributed by atoms with E-state index in [1.54, 1.807) is 11.8 Å². The number of nitrogens with one attached hydrogen (secondary N) is 1. The largest absolute Gasteiger partial charge is 0.355 e. The molecule has 10 heteroatoms. The minimum Gasteiger partial charge on any atom is -0.355 e. The molecule has 0 fully saturated rings. The first kappa shape index (κ1) is 28.2. The summed E-state index contributed by atoms with van der Waals surface area (Å²) in [5.74, 6) is -2.76. The van der Waals surface area contributed by atoms with Gasteiger partial charge in [0.05, 0.1) is 11.9 Å². The lowest BCUT2D eigenvalue weighted by molar-refractivity contribution is -0.140. The first-order valence-electron chi connectivity index (χ1n) is 11.6. The van der Waals surface area contributed by atoms with E-state index in [1.807, 2.05) is 37.3 Å². The summed E-state index contributed by atoms with van der Waals surface area (Å²) >= 11 is 0. The number of amides is 2. The molecule has 0 aliphatic heterocycles. The molecule has 0 aromatic heterocycles. The molecule has 0 aliphatic carbocycles. The van der Waals surface area contributed by atoms with E-state index >= 15 is 0 Å². The van der Waals surface area contributed by atoms with Gasteiger partial charge < -0.3 is 10.2 Å². The monoisotopic (exact) mass is 509 g/mol. The Kier molecular flexibility index (Phi) is 10.6. The molecule has 0 spiro atoms. The van der Waals surface area contributed by atoms with E-state index in [2.05, 4.69) is 5.32 Å². The number of benzene rings is 2. The molecule has 0 unspecified atom stereocenters. The van der Waals surface area contributed by atoms with Gasteiger partial charge >= 0.3 is 0 Å². The second kappa shape index (κ2) is 13.2. The van der Waals surface area contributed by atoms with E-state index in [1.165, 1.54) is 6.07 Å². The molecular formula is C25H33F2N3O4S.